The standard InChI is InChI=1S/C27H27N3O7/c1-11-5-4-6-16(29-11)13-7-8-17(31)19-14(13)9-12-10-15-21(30(2)3)23(33)20(26(28)36)25(35)27(15,37)24(34)18(12)22(19)32/h4-8,12,15,21,31,33-34,37H,9-10H2,1-3H3,(H2,28,36)/t12-,15-,21?,27-/m0/s1. The van der Waals surface area contributed by atoms with Crippen molar-refractivity contribution in [3.63, 3.8) is 0 Å². The number of nitrogens with two attached hydrogens (primary N) is 1. The summed E-state index contributed by atoms with van der Waals surface area (Å²) in [6.07, 6.45) is 0.232. The predicted molar refractivity (Wildman–Crippen MR) is 132 cm³/mol. The summed E-state index contributed by atoms with van der Waals surface area (Å²) in [6, 6.07) is 7.48. The van der Waals surface area contributed by atoms with Crippen LogP contribution in [0.3, 0.4) is 0 Å². The summed E-state index contributed by atoms with van der Waals surface area (Å²) in [5.74, 6) is -6.74. The molecule has 4 atom stereocenters. The fraction of sp³-hybridized carbons (Fsp3) is 0.333. The number of rotatable bonds is 3. The number of carbonyl (C=O) groups excluding carboxylic acids is 3. The van der Waals surface area contributed by atoms with Gasteiger partial charge in [0.15, 0.2) is 11.4 Å². The van der Waals surface area contributed by atoms with Gasteiger partial charge in [0.25, 0.3) is 5.91 Å². The lowest BCUT2D eigenvalue weighted by Crippen LogP contribution is -2.63. The number of Topliss-reactive ketones (excluding diaryl/α,β-unsaturated/α-hetero) is 2. The summed E-state index contributed by atoms with van der Waals surface area (Å²) < 4.78 is 0. The predicted octanol–water partition coefficient (Wildman–Crippen LogP) is 1.49. The summed E-state index contributed by atoms with van der Waals surface area (Å²) in [7, 11) is 3.18. The molecule has 0 aliphatic heterocycles. The second kappa shape index (κ2) is 8.25. The van der Waals surface area contributed by atoms with E-state index >= 15 is 0 Å². The first kappa shape index (κ1) is 24.7. The molecule has 1 aromatic heterocycles. The van der Waals surface area contributed by atoms with Crippen LogP contribution in [0, 0.1) is 18.8 Å². The van der Waals surface area contributed by atoms with Crippen LogP contribution in [0.1, 0.15) is 28.0 Å². The topological polar surface area (TPSA) is 174 Å². The van der Waals surface area contributed by atoms with Gasteiger partial charge in [-0.1, -0.05) is 6.07 Å². The molecule has 1 amide bonds. The van der Waals surface area contributed by atoms with E-state index in [-0.39, 0.29) is 29.7 Å². The zero-order valence-corrected chi connectivity index (χ0v) is 20.5. The number of pyridine rings is 1. The summed E-state index contributed by atoms with van der Waals surface area (Å²) in [5.41, 5.74) is 4.20. The van der Waals surface area contributed by atoms with E-state index in [1.807, 2.05) is 19.1 Å². The molecule has 5 rings (SSSR count). The monoisotopic (exact) mass is 505 g/mol. The molecule has 1 unspecified atom stereocenters. The van der Waals surface area contributed by atoms with Crippen molar-refractivity contribution in [3.05, 3.63) is 69.8 Å². The Balaban J connectivity index is 1.73. The fourth-order valence-electron chi connectivity index (χ4n) is 6.18. The van der Waals surface area contributed by atoms with Crippen molar-refractivity contribution in [1.82, 2.24) is 9.88 Å². The van der Waals surface area contributed by atoms with E-state index in [1.165, 1.54) is 11.0 Å². The van der Waals surface area contributed by atoms with Crippen molar-refractivity contribution < 1.29 is 34.8 Å². The number of aromatic nitrogens is 1. The second-order valence-corrected chi connectivity index (χ2v) is 10.1. The Morgan fingerprint density at radius 1 is 1.14 bits per heavy atom. The summed E-state index contributed by atoms with van der Waals surface area (Å²) in [6.45, 7) is 1.84. The summed E-state index contributed by atoms with van der Waals surface area (Å²) >= 11 is 0. The Bertz CT molecular complexity index is 1460. The molecule has 1 aromatic carbocycles. The smallest absolute Gasteiger partial charge is 0.255 e. The van der Waals surface area contributed by atoms with E-state index in [4.69, 9.17) is 5.73 Å². The third-order valence-electron chi connectivity index (χ3n) is 7.77. The Morgan fingerprint density at radius 3 is 2.46 bits per heavy atom. The van der Waals surface area contributed by atoms with Gasteiger partial charge >= 0.3 is 0 Å². The number of phenols is 1. The molecular formula is C27H27N3O7. The van der Waals surface area contributed by atoms with Gasteiger partial charge in [-0.3, -0.25) is 24.3 Å². The molecule has 2 aromatic rings. The lowest BCUT2D eigenvalue weighted by Gasteiger charge is -2.50. The maximum Gasteiger partial charge on any atom is 0.255 e. The van der Waals surface area contributed by atoms with E-state index in [0.29, 0.717) is 16.8 Å². The molecule has 3 aliphatic rings. The minimum atomic E-state index is -2.66. The first-order chi connectivity index (χ1) is 17.4. The number of amides is 1. The van der Waals surface area contributed by atoms with Crippen LogP contribution in [0.15, 0.2) is 53.0 Å². The Morgan fingerprint density at radius 2 is 1.84 bits per heavy atom. The molecule has 0 saturated carbocycles. The minimum Gasteiger partial charge on any atom is -0.510 e. The van der Waals surface area contributed by atoms with E-state index in [1.54, 1.807) is 26.2 Å². The maximum absolute atomic E-state index is 13.8. The molecule has 3 aliphatic carbocycles. The van der Waals surface area contributed by atoms with E-state index in [2.05, 4.69) is 4.98 Å². The highest BCUT2D eigenvalue weighted by Crippen LogP contribution is 2.53. The molecule has 6 N–H and O–H groups in total. The van der Waals surface area contributed by atoms with Crippen LogP contribution in [0.25, 0.3) is 11.3 Å². The molecular weight excluding hydrogens is 478 g/mol. The molecule has 1 heterocycles. The number of hydrogen-bond acceptors (Lipinski definition) is 9. The second-order valence-electron chi connectivity index (χ2n) is 10.1. The normalized spacial score (nSPS) is 27.2. The maximum atomic E-state index is 13.8. The van der Waals surface area contributed by atoms with Crippen LogP contribution in [-0.4, -0.2) is 73.5 Å². The van der Waals surface area contributed by atoms with Crippen molar-refractivity contribution in [2.24, 2.45) is 17.6 Å². The highest BCUT2D eigenvalue weighted by molar-refractivity contribution is 6.24. The molecule has 10 heteroatoms. The zero-order chi connectivity index (χ0) is 27.0. The number of likely N-dealkylation sites (N-methyl/N-ethyl adjacent to an activating group) is 1. The molecule has 0 saturated heterocycles. The number of carbonyl (C=O) groups is 3. The number of aliphatic hydroxyl groups is 3. The molecule has 0 spiro atoms. The van der Waals surface area contributed by atoms with Gasteiger partial charge in [-0.15, -0.1) is 0 Å². The van der Waals surface area contributed by atoms with Crippen LogP contribution in [-0.2, 0) is 16.0 Å². The van der Waals surface area contributed by atoms with Crippen molar-refractivity contribution in [2.75, 3.05) is 14.1 Å². The van der Waals surface area contributed by atoms with Crippen LogP contribution >= 0.6 is 0 Å². The molecule has 0 fully saturated rings. The molecule has 37 heavy (non-hydrogen) atoms. The number of phenolic OH excluding ortho intramolecular Hbond substituents is 1. The Hall–Kier alpha value is -4.02. The van der Waals surface area contributed by atoms with Crippen molar-refractivity contribution >= 4 is 17.5 Å². The SMILES string of the molecule is Cc1cccc(-c2ccc(O)c3c2C[C@H]2C[C@H]4C(N(C)C)C(O)=C(C(N)=O)C(=O)[C@@]4(O)C(O)=C2C3=O)n1. The largest absolute Gasteiger partial charge is 0.510 e. The number of fused-ring (bicyclic) bond motifs is 3. The van der Waals surface area contributed by atoms with Gasteiger partial charge in [-0.05, 0) is 69.6 Å². The number of allylic oxidation sites excluding steroid dienone is 1. The zero-order valence-electron chi connectivity index (χ0n) is 20.5. The third kappa shape index (κ3) is 3.32. The van der Waals surface area contributed by atoms with Gasteiger partial charge in [0, 0.05) is 22.7 Å². The number of aryl methyl sites for hydroxylation is 1. The van der Waals surface area contributed by atoms with Gasteiger partial charge in [-0.2, -0.15) is 0 Å². The Labute approximate surface area is 212 Å². The number of benzene rings is 1. The van der Waals surface area contributed by atoms with Gasteiger partial charge in [0.05, 0.1) is 17.3 Å². The van der Waals surface area contributed by atoms with Crippen LogP contribution < -0.4 is 5.73 Å². The number of aromatic hydroxyl groups is 1. The third-order valence-corrected chi connectivity index (χ3v) is 7.77. The van der Waals surface area contributed by atoms with Crippen molar-refractivity contribution in [2.45, 2.75) is 31.4 Å². The highest BCUT2D eigenvalue weighted by atomic mass is 16.3. The summed E-state index contributed by atoms with van der Waals surface area (Å²) in [4.78, 5) is 45.2. The quantitative estimate of drug-likeness (QED) is 0.387. The van der Waals surface area contributed by atoms with Crippen molar-refractivity contribution in [1.29, 1.82) is 0 Å². The number of primary amides is 1. The number of ketones is 2. The average Bonchev–Trinajstić information content (AvgIpc) is 2.81. The van der Waals surface area contributed by atoms with E-state index in [9.17, 15) is 34.8 Å². The van der Waals surface area contributed by atoms with Gasteiger partial charge < -0.3 is 26.2 Å². The van der Waals surface area contributed by atoms with Crippen LogP contribution in [0.2, 0.25) is 0 Å². The first-order valence-electron chi connectivity index (χ1n) is 11.8. The molecule has 0 bridgehead atoms. The van der Waals surface area contributed by atoms with E-state index < -0.39 is 58.0 Å². The van der Waals surface area contributed by atoms with Gasteiger partial charge in [-0.25, -0.2) is 0 Å². The van der Waals surface area contributed by atoms with E-state index in [0.717, 1.165) is 5.69 Å². The summed E-state index contributed by atoms with van der Waals surface area (Å²) in [5, 5.41) is 44.5. The van der Waals surface area contributed by atoms with Gasteiger partial charge in [0.2, 0.25) is 5.78 Å². The first-order valence-corrected chi connectivity index (χ1v) is 11.8. The van der Waals surface area contributed by atoms with Crippen LogP contribution in [0.4, 0.5) is 0 Å². The molecule has 0 radical (unpaired) electrons. The number of aliphatic hydroxyl groups excluding tert-OH is 2. The number of hydrogen-bond donors (Lipinski definition) is 5. The fourth-order valence-corrected chi connectivity index (χ4v) is 6.18. The highest BCUT2D eigenvalue weighted by Gasteiger charge is 2.63. The van der Waals surface area contributed by atoms with Crippen LogP contribution in [0.5, 0.6) is 5.75 Å². The number of nitrogens with zero attached hydrogens (tertiary/aromatic N) is 2. The lowest BCUT2D eigenvalue weighted by atomic mass is 9.58. The molecule has 192 valence electrons. The molecule has 10 nitrogen and oxygen atoms in total. The Kier molecular flexibility index (Phi) is 5.50. The lowest BCUT2D eigenvalue weighted by molar-refractivity contribution is -0.148. The van der Waals surface area contributed by atoms with Gasteiger partial charge in [0.1, 0.15) is 22.8 Å². The minimum absolute atomic E-state index is 0.0299. The van der Waals surface area contributed by atoms with Crippen molar-refractivity contribution in [3.8, 4) is 17.0 Å². The average molecular weight is 506 g/mol.